The van der Waals surface area contributed by atoms with E-state index in [0.717, 1.165) is 0 Å². The molecule has 0 aliphatic rings. The summed E-state index contributed by atoms with van der Waals surface area (Å²) < 4.78 is 14.9. The Bertz CT molecular complexity index is 293. The zero-order valence-corrected chi connectivity index (χ0v) is 11.8. The van der Waals surface area contributed by atoms with E-state index in [0.29, 0.717) is 19.6 Å². The van der Waals surface area contributed by atoms with Crippen LogP contribution < -0.4 is 5.32 Å². The largest absolute Gasteiger partial charge is 0.451 e. The van der Waals surface area contributed by atoms with E-state index in [2.05, 4.69) is 11.9 Å². The molecular weight excluding hydrogens is 250 g/mol. The molecule has 19 heavy (non-hydrogen) atoms. The fourth-order valence-corrected chi connectivity index (χ4v) is 1.18. The van der Waals surface area contributed by atoms with Gasteiger partial charge >= 0.3 is 5.97 Å². The molecule has 110 valence electrons. The summed E-state index contributed by atoms with van der Waals surface area (Å²) in [7, 11) is 1.59. The standard InChI is InChI=1S/C13H23NO5/c1-5-8-18-11(3)13(16)19-10(2)12(15)14-7-6-9-17-4/h5,10-11H,1,6-9H2,2-4H3,(H,14,15). The molecule has 0 bridgehead atoms. The zero-order chi connectivity index (χ0) is 14.7. The van der Waals surface area contributed by atoms with Gasteiger partial charge in [0.25, 0.3) is 5.91 Å². The molecular formula is C13H23NO5. The number of hydrogen-bond acceptors (Lipinski definition) is 5. The Hall–Kier alpha value is -1.40. The topological polar surface area (TPSA) is 73.9 Å². The minimum absolute atomic E-state index is 0.258. The van der Waals surface area contributed by atoms with Crippen molar-refractivity contribution in [2.24, 2.45) is 0 Å². The smallest absolute Gasteiger partial charge is 0.335 e. The van der Waals surface area contributed by atoms with Crippen molar-refractivity contribution in [3.63, 3.8) is 0 Å². The van der Waals surface area contributed by atoms with E-state index in [1.807, 2.05) is 0 Å². The maximum Gasteiger partial charge on any atom is 0.335 e. The Morgan fingerprint density at radius 1 is 1.32 bits per heavy atom. The summed E-state index contributed by atoms with van der Waals surface area (Å²) in [4.78, 5) is 23.2. The highest BCUT2D eigenvalue weighted by atomic mass is 16.6. The Kier molecular flexibility index (Phi) is 9.74. The first-order chi connectivity index (χ1) is 9.02. The second-order valence-corrected chi connectivity index (χ2v) is 3.98. The summed E-state index contributed by atoms with van der Waals surface area (Å²) in [6.07, 6.45) is 0.684. The highest BCUT2D eigenvalue weighted by Gasteiger charge is 2.21. The van der Waals surface area contributed by atoms with Crippen LogP contribution in [0.15, 0.2) is 12.7 Å². The van der Waals surface area contributed by atoms with Crippen molar-refractivity contribution in [1.82, 2.24) is 5.32 Å². The fraction of sp³-hybridized carbons (Fsp3) is 0.692. The Morgan fingerprint density at radius 2 is 2.00 bits per heavy atom. The van der Waals surface area contributed by atoms with E-state index in [1.165, 1.54) is 13.0 Å². The molecule has 0 spiro atoms. The van der Waals surface area contributed by atoms with Crippen LogP contribution in [0.4, 0.5) is 0 Å². The van der Waals surface area contributed by atoms with Crippen LogP contribution >= 0.6 is 0 Å². The molecule has 0 saturated heterocycles. The summed E-state index contributed by atoms with van der Waals surface area (Å²) in [5, 5.41) is 2.65. The monoisotopic (exact) mass is 273 g/mol. The SMILES string of the molecule is C=CCOC(C)C(=O)OC(C)C(=O)NCCCOC. The summed E-state index contributed by atoms with van der Waals surface area (Å²) in [5.41, 5.74) is 0. The van der Waals surface area contributed by atoms with E-state index in [1.54, 1.807) is 14.0 Å². The van der Waals surface area contributed by atoms with Gasteiger partial charge in [-0.05, 0) is 20.3 Å². The summed E-state index contributed by atoms with van der Waals surface area (Å²) in [6, 6.07) is 0. The molecule has 1 amide bonds. The first-order valence-electron chi connectivity index (χ1n) is 6.22. The van der Waals surface area contributed by atoms with Crippen molar-refractivity contribution < 1.29 is 23.8 Å². The lowest BCUT2D eigenvalue weighted by Gasteiger charge is -2.16. The third-order valence-corrected chi connectivity index (χ3v) is 2.28. The van der Waals surface area contributed by atoms with Crippen LogP contribution in [0.5, 0.6) is 0 Å². The molecule has 0 aromatic rings. The number of nitrogens with one attached hydrogen (secondary N) is 1. The van der Waals surface area contributed by atoms with Crippen LogP contribution in [-0.4, -0.2) is 51.0 Å². The van der Waals surface area contributed by atoms with Crippen LogP contribution in [0, 0.1) is 0 Å². The summed E-state index contributed by atoms with van der Waals surface area (Å²) in [5.74, 6) is -0.901. The molecule has 0 aromatic carbocycles. The molecule has 0 rings (SSSR count). The number of hydrogen-bond donors (Lipinski definition) is 1. The molecule has 0 aromatic heterocycles. The number of rotatable bonds is 10. The molecule has 0 radical (unpaired) electrons. The van der Waals surface area contributed by atoms with E-state index in [4.69, 9.17) is 14.2 Å². The van der Waals surface area contributed by atoms with Gasteiger partial charge in [-0.2, -0.15) is 0 Å². The van der Waals surface area contributed by atoms with E-state index < -0.39 is 18.2 Å². The summed E-state index contributed by atoms with van der Waals surface area (Å²) in [6.45, 7) is 7.87. The molecule has 0 heterocycles. The van der Waals surface area contributed by atoms with Crippen molar-refractivity contribution in [3.05, 3.63) is 12.7 Å². The Labute approximate surface area is 114 Å². The van der Waals surface area contributed by atoms with E-state index in [-0.39, 0.29) is 12.5 Å². The maximum atomic E-state index is 11.6. The van der Waals surface area contributed by atoms with Gasteiger partial charge in [-0.25, -0.2) is 4.79 Å². The van der Waals surface area contributed by atoms with Crippen molar-refractivity contribution in [2.75, 3.05) is 26.9 Å². The van der Waals surface area contributed by atoms with Crippen LogP contribution in [-0.2, 0) is 23.8 Å². The quantitative estimate of drug-likeness (QED) is 0.359. The predicted octanol–water partition coefficient (Wildman–Crippen LogP) is 0.662. The van der Waals surface area contributed by atoms with Crippen LogP contribution in [0.25, 0.3) is 0 Å². The number of carbonyl (C=O) groups is 2. The average Bonchev–Trinajstić information content (AvgIpc) is 2.40. The second-order valence-electron chi connectivity index (χ2n) is 3.98. The van der Waals surface area contributed by atoms with Crippen LogP contribution in [0.3, 0.4) is 0 Å². The summed E-state index contributed by atoms with van der Waals surface area (Å²) >= 11 is 0. The van der Waals surface area contributed by atoms with Crippen molar-refractivity contribution >= 4 is 11.9 Å². The van der Waals surface area contributed by atoms with Gasteiger partial charge < -0.3 is 19.5 Å². The van der Waals surface area contributed by atoms with Gasteiger partial charge in [-0.3, -0.25) is 4.79 Å². The second kappa shape index (κ2) is 10.5. The van der Waals surface area contributed by atoms with Crippen molar-refractivity contribution in [3.8, 4) is 0 Å². The average molecular weight is 273 g/mol. The Morgan fingerprint density at radius 3 is 2.58 bits per heavy atom. The molecule has 0 saturated carbocycles. The van der Waals surface area contributed by atoms with Gasteiger partial charge in [0.15, 0.2) is 12.2 Å². The minimum atomic E-state index is -0.843. The van der Waals surface area contributed by atoms with Gasteiger partial charge in [-0.1, -0.05) is 6.08 Å². The minimum Gasteiger partial charge on any atom is -0.451 e. The number of esters is 1. The van der Waals surface area contributed by atoms with E-state index in [9.17, 15) is 9.59 Å². The molecule has 0 aliphatic carbocycles. The molecule has 6 nitrogen and oxygen atoms in total. The molecule has 0 fully saturated rings. The van der Waals surface area contributed by atoms with Gasteiger partial charge in [0.1, 0.15) is 0 Å². The zero-order valence-electron chi connectivity index (χ0n) is 11.8. The van der Waals surface area contributed by atoms with Gasteiger partial charge in [0.05, 0.1) is 6.61 Å². The van der Waals surface area contributed by atoms with Gasteiger partial charge in [0.2, 0.25) is 0 Å². The lowest BCUT2D eigenvalue weighted by atomic mass is 10.3. The van der Waals surface area contributed by atoms with Crippen molar-refractivity contribution in [2.45, 2.75) is 32.5 Å². The highest BCUT2D eigenvalue weighted by molar-refractivity contribution is 5.84. The Balaban J connectivity index is 3.93. The van der Waals surface area contributed by atoms with Crippen molar-refractivity contribution in [1.29, 1.82) is 0 Å². The normalized spacial score (nSPS) is 13.4. The number of ether oxygens (including phenoxy) is 3. The van der Waals surface area contributed by atoms with Gasteiger partial charge in [0, 0.05) is 20.3 Å². The first kappa shape index (κ1) is 17.6. The van der Waals surface area contributed by atoms with Crippen LogP contribution in [0.2, 0.25) is 0 Å². The predicted molar refractivity (Wildman–Crippen MR) is 70.7 cm³/mol. The number of methoxy groups -OCH3 is 1. The van der Waals surface area contributed by atoms with Gasteiger partial charge in [-0.15, -0.1) is 6.58 Å². The van der Waals surface area contributed by atoms with E-state index >= 15 is 0 Å². The molecule has 6 heteroatoms. The number of amides is 1. The molecule has 1 N–H and O–H groups in total. The molecule has 2 atom stereocenters. The first-order valence-corrected chi connectivity index (χ1v) is 6.22. The molecule has 0 aliphatic heterocycles. The maximum absolute atomic E-state index is 11.6. The highest BCUT2D eigenvalue weighted by Crippen LogP contribution is 1.99. The fourth-order valence-electron chi connectivity index (χ4n) is 1.18. The lowest BCUT2D eigenvalue weighted by molar-refractivity contribution is -0.164. The molecule has 2 unspecified atom stereocenters. The third kappa shape index (κ3) is 8.34. The number of carbonyl (C=O) groups excluding carboxylic acids is 2. The van der Waals surface area contributed by atoms with Crippen LogP contribution in [0.1, 0.15) is 20.3 Å². The lowest BCUT2D eigenvalue weighted by Crippen LogP contribution is -2.38. The third-order valence-electron chi connectivity index (χ3n) is 2.28.